The van der Waals surface area contributed by atoms with Crippen molar-refractivity contribution >= 4 is 34.3 Å². The second-order valence-corrected chi connectivity index (χ2v) is 9.06. The molecule has 2 heterocycles. The minimum atomic E-state index is -3.45. The van der Waals surface area contributed by atoms with E-state index in [-0.39, 0.29) is 18.4 Å². The van der Waals surface area contributed by atoms with Gasteiger partial charge in [0.05, 0.1) is 12.8 Å². The van der Waals surface area contributed by atoms with Crippen LogP contribution in [0.1, 0.15) is 31.2 Å². The topological polar surface area (TPSA) is 79.0 Å². The van der Waals surface area contributed by atoms with Gasteiger partial charge in [-0.05, 0) is 62.4 Å². The van der Waals surface area contributed by atoms with E-state index >= 15 is 0 Å². The average Bonchev–Trinajstić information content (AvgIpc) is 2.99. The highest BCUT2D eigenvalue weighted by atomic mass is 35.5. The SMILES string of the molecule is COC(=O)CCc1ccc(N2CCN(CCC3CCNCC3)S2(=O)=O)cc1.Cl. The van der Waals surface area contributed by atoms with Gasteiger partial charge in [0.25, 0.3) is 0 Å². The molecule has 1 aromatic rings. The summed E-state index contributed by atoms with van der Waals surface area (Å²) >= 11 is 0. The molecule has 0 bridgehead atoms. The van der Waals surface area contributed by atoms with E-state index in [1.807, 2.05) is 24.3 Å². The first-order valence-corrected chi connectivity index (χ1v) is 11.0. The van der Waals surface area contributed by atoms with E-state index in [0.29, 0.717) is 44.1 Å². The molecule has 1 N–H and O–H groups in total. The van der Waals surface area contributed by atoms with Crippen LogP contribution in [-0.2, 0) is 26.2 Å². The molecule has 3 rings (SSSR count). The quantitative estimate of drug-likeness (QED) is 0.668. The molecule has 0 amide bonds. The van der Waals surface area contributed by atoms with Crippen LogP contribution in [0.25, 0.3) is 0 Å². The van der Waals surface area contributed by atoms with E-state index in [9.17, 15) is 13.2 Å². The standard InChI is InChI=1S/C19H29N3O4S.ClH/c1-26-19(23)7-4-16-2-5-18(6-3-16)22-15-14-21(27(22,24)25)13-10-17-8-11-20-12-9-17;/h2-3,5-6,17,20H,4,7-15H2,1H3;1H. The van der Waals surface area contributed by atoms with E-state index in [4.69, 9.17) is 0 Å². The first-order valence-electron chi connectivity index (χ1n) is 9.65. The Morgan fingerprint density at radius 2 is 1.86 bits per heavy atom. The van der Waals surface area contributed by atoms with Crippen LogP contribution in [0.15, 0.2) is 24.3 Å². The summed E-state index contributed by atoms with van der Waals surface area (Å²) < 4.78 is 33.5. The van der Waals surface area contributed by atoms with E-state index in [1.54, 1.807) is 4.31 Å². The number of hydrogen-bond acceptors (Lipinski definition) is 5. The predicted octanol–water partition coefficient (Wildman–Crippen LogP) is 1.97. The lowest BCUT2D eigenvalue weighted by Crippen LogP contribution is -2.35. The number of anilines is 1. The second-order valence-electron chi connectivity index (χ2n) is 7.20. The van der Waals surface area contributed by atoms with E-state index in [0.717, 1.165) is 37.9 Å². The fourth-order valence-corrected chi connectivity index (χ4v) is 5.36. The number of halogens is 1. The first-order chi connectivity index (χ1) is 13.0. The number of methoxy groups -OCH3 is 1. The van der Waals surface area contributed by atoms with Crippen molar-refractivity contribution < 1.29 is 17.9 Å². The minimum absolute atomic E-state index is 0. The van der Waals surface area contributed by atoms with Gasteiger partial charge in [-0.2, -0.15) is 12.7 Å². The zero-order chi connectivity index (χ0) is 19.3. The van der Waals surface area contributed by atoms with Gasteiger partial charge < -0.3 is 10.1 Å². The van der Waals surface area contributed by atoms with Crippen LogP contribution in [0.2, 0.25) is 0 Å². The molecule has 28 heavy (non-hydrogen) atoms. The number of nitrogens with zero attached hydrogens (tertiary/aromatic N) is 2. The summed E-state index contributed by atoms with van der Waals surface area (Å²) in [5.74, 6) is 0.371. The third-order valence-corrected chi connectivity index (χ3v) is 7.44. The monoisotopic (exact) mass is 431 g/mol. The van der Waals surface area contributed by atoms with Crippen LogP contribution in [0, 0.1) is 5.92 Å². The molecule has 0 atom stereocenters. The van der Waals surface area contributed by atoms with Crippen molar-refractivity contribution in [2.75, 3.05) is 44.1 Å². The molecule has 0 radical (unpaired) electrons. The summed E-state index contributed by atoms with van der Waals surface area (Å²) in [6.07, 6.45) is 4.10. The number of piperidine rings is 1. The lowest BCUT2D eigenvalue weighted by Gasteiger charge is -2.25. The third kappa shape index (κ3) is 5.59. The summed E-state index contributed by atoms with van der Waals surface area (Å²) in [5.41, 5.74) is 1.67. The second kappa shape index (κ2) is 10.4. The van der Waals surface area contributed by atoms with Crippen molar-refractivity contribution in [1.82, 2.24) is 9.62 Å². The van der Waals surface area contributed by atoms with E-state index in [1.165, 1.54) is 11.4 Å². The molecule has 0 spiro atoms. The Kier molecular flexibility index (Phi) is 8.55. The maximum absolute atomic E-state index is 12.9. The van der Waals surface area contributed by atoms with Crippen LogP contribution in [0.3, 0.4) is 0 Å². The highest BCUT2D eigenvalue weighted by Crippen LogP contribution is 2.27. The van der Waals surface area contributed by atoms with E-state index in [2.05, 4.69) is 10.1 Å². The van der Waals surface area contributed by atoms with Crippen LogP contribution in [-0.4, -0.2) is 58.5 Å². The van der Waals surface area contributed by atoms with Gasteiger partial charge in [-0.15, -0.1) is 12.4 Å². The Hall–Kier alpha value is -1.35. The van der Waals surface area contributed by atoms with Crippen molar-refractivity contribution in [3.63, 3.8) is 0 Å². The molecule has 2 aliphatic heterocycles. The predicted molar refractivity (Wildman–Crippen MR) is 112 cm³/mol. The van der Waals surface area contributed by atoms with Gasteiger partial charge in [-0.25, -0.2) is 0 Å². The summed E-state index contributed by atoms with van der Waals surface area (Å²) in [4.78, 5) is 11.2. The average molecular weight is 432 g/mol. The van der Waals surface area contributed by atoms with Crippen LogP contribution in [0.4, 0.5) is 5.69 Å². The summed E-state index contributed by atoms with van der Waals surface area (Å²) in [7, 11) is -2.07. The number of ether oxygens (including phenoxy) is 1. The molecular weight excluding hydrogens is 402 g/mol. The van der Waals surface area contributed by atoms with Gasteiger partial charge in [0, 0.05) is 26.1 Å². The number of carbonyl (C=O) groups is 1. The smallest absolute Gasteiger partial charge is 0.305 e. The van der Waals surface area contributed by atoms with Gasteiger partial charge >= 0.3 is 16.2 Å². The van der Waals surface area contributed by atoms with Crippen molar-refractivity contribution in [3.05, 3.63) is 29.8 Å². The van der Waals surface area contributed by atoms with Crippen LogP contribution < -0.4 is 9.62 Å². The molecule has 2 aliphatic rings. The maximum Gasteiger partial charge on any atom is 0.305 e. The molecule has 0 saturated carbocycles. The van der Waals surface area contributed by atoms with Gasteiger partial charge in [0.2, 0.25) is 0 Å². The molecule has 0 aromatic heterocycles. The van der Waals surface area contributed by atoms with Crippen LogP contribution in [0.5, 0.6) is 0 Å². The number of benzene rings is 1. The lowest BCUT2D eigenvalue weighted by molar-refractivity contribution is -0.140. The number of hydrogen-bond donors (Lipinski definition) is 1. The van der Waals surface area contributed by atoms with Crippen molar-refractivity contribution in [2.45, 2.75) is 32.1 Å². The van der Waals surface area contributed by atoms with Crippen molar-refractivity contribution in [2.24, 2.45) is 5.92 Å². The number of nitrogens with one attached hydrogen (secondary N) is 1. The number of carbonyl (C=O) groups excluding carboxylic acids is 1. The molecule has 2 saturated heterocycles. The van der Waals surface area contributed by atoms with Gasteiger partial charge in [-0.1, -0.05) is 12.1 Å². The fourth-order valence-electron chi connectivity index (χ4n) is 3.74. The third-order valence-electron chi connectivity index (χ3n) is 5.47. The zero-order valence-corrected chi connectivity index (χ0v) is 17.9. The number of rotatable bonds is 7. The van der Waals surface area contributed by atoms with Gasteiger partial charge in [-0.3, -0.25) is 9.10 Å². The first kappa shape index (κ1) is 22.9. The Balaban J connectivity index is 0.00000280. The number of esters is 1. The summed E-state index contributed by atoms with van der Waals surface area (Å²) in [6, 6.07) is 7.40. The highest BCUT2D eigenvalue weighted by molar-refractivity contribution is 7.90. The molecule has 2 fully saturated rings. The summed E-state index contributed by atoms with van der Waals surface area (Å²) in [5, 5.41) is 3.34. The number of aryl methyl sites for hydroxylation is 1. The normalized spacial score (nSPS) is 20.0. The van der Waals surface area contributed by atoms with Crippen molar-refractivity contribution in [3.8, 4) is 0 Å². The Morgan fingerprint density at radius 3 is 2.50 bits per heavy atom. The van der Waals surface area contributed by atoms with E-state index < -0.39 is 10.2 Å². The molecule has 0 unspecified atom stereocenters. The lowest BCUT2D eigenvalue weighted by atomic mass is 9.95. The maximum atomic E-state index is 12.9. The van der Waals surface area contributed by atoms with Crippen LogP contribution >= 0.6 is 12.4 Å². The zero-order valence-electron chi connectivity index (χ0n) is 16.3. The summed E-state index contributed by atoms with van der Waals surface area (Å²) in [6.45, 7) is 3.69. The Morgan fingerprint density at radius 1 is 1.18 bits per heavy atom. The molecule has 158 valence electrons. The Labute approximate surface area is 174 Å². The van der Waals surface area contributed by atoms with Gasteiger partial charge in [0.15, 0.2) is 0 Å². The van der Waals surface area contributed by atoms with Crippen molar-refractivity contribution in [1.29, 1.82) is 0 Å². The minimum Gasteiger partial charge on any atom is -0.469 e. The molecule has 1 aromatic carbocycles. The molecule has 0 aliphatic carbocycles. The largest absolute Gasteiger partial charge is 0.469 e. The van der Waals surface area contributed by atoms with Gasteiger partial charge in [0.1, 0.15) is 0 Å². The fraction of sp³-hybridized carbons (Fsp3) is 0.632. The molecule has 9 heteroatoms. The molecular formula is C19H30ClN3O4S. The Bertz CT molecular complexity index is 736. The molecule has 7 nitrogen and oxygen atoms in total. The highest BCUT2D eigenvalue weighted by Gasteiger charge is 2.36.